The molecule has 0 saturated heterocycles. The van der Waals surface area contributed by atoms with Crippen molar-refractivity contribution in [3.63, 3.8) is 0 Å². The minimum atomic E-state index is -0.464. The molecule has 2 aromatic rings. The molecule has 0 aromatic heterocycles. The molecular formula is C29H36O3S. The average Bonchev–Trinajstić information content (AvgIpc) is 3.08. The van der Waals surface area contributed by atoms with Crippen LogP contribution < -0.4 is 4.74 Å². The molecule has 33 heavy (non-hydrogen) atoms. The van der Waals surface area contributed by atoms with E-state index in [1.165, 1.54) is 10.5 Å². The summed E-state index contributed by atoms with van der Waals surface area (Å²) >= 11 is 1.87. The highest BCUT2D eigenvalue weighted by Crippen LogP contribution is 2.53. The monoisotopic (exact) mass is 464 g/mol. The van der Waals surface area contributed by atoms with E-state index >= 15 is 0 Å². The van der Waals surface area contributed by atoms with E-state index in [4.69, 9.17) is 9.47 Å². The molecule has 0 amide bonds. The molecule has 3 atom stereocenters. The predicted molar refractivity (Wildman–Crippen MR) is 136 cm³/mol. The third kappa shape index (κ3) is 5.22. The molecule has 1 unspecified atom stereocenters. The van der Waals surface area contributed by atoms with Gasteiger partial charge in [-0.05, 0) is 54.5 Å². The Bertz CT molecular complexity index is 991. The van der Waals surface area contributed by atoms with Crippen molar-refractivity contribution in [2.24, 2.45) is 16.7 Å². The normalized spacial score (nSPS) is 27.7. The van der Waals surface area contributed by atoms with Gasteiger partial charge in [0.25, 0.3) is 0 Å². The van der Waals surface area contributed by atoms with Crippen molar-refractivity contribution in [1.29, 1.82) is 0 Å². The molecule has 4 heteroatoms. The van der Waals surface area contributed by atoms with Crippen molar-refractivity contribution in [3.05, 3.63) is 71.8 Å². The fourth-order valence-electron chi connectivity index (χ4n) is 5.36. The van der Waals surface area contributed by atoms with E-state index in [1.54, 1.807) is 7.11 Å². The standard InChI is InChI=1S/C29H36O3S/c1-28(2)18-24(33-23-9-7-6-8-10-23)17-21-13-16-25(29(21,3)4)26(27(28)30)32-19-20-11-14-22(31-5)15-12-20/h6-12,14-15,17,24-26H,13,16,18-19H2,1-5H3/b21-17+/t24-,25?,26-/m1/s1. The molecule has 4 rings (SSSR count). The van der Waals surface area contributed by atoms with Gasteiger partial charge >= 0.3 is 0 Å². The number of rotatable bonds is 6. The lowest BCUT2D eigenvalue weighted by atomic mass is 9.72. The Labute approximate surface area is 203 Å². The molecule has 1 saturated carbocycles. The first-order valence-electron chi connectivity index (χ1n) is 11.9. The number of hydrogen-bond donors (Lipinski definition) is 0. The molecular weight excluding hydrogens is 428 g/mol. The van der Waals surface area contributed by atoms with Crippen LogP contribution >= 0.6 is 11.8 Å². The van der Waals surface area contributed by atoms with Gasteiger partial charge in [-0.3, -0.25) is 4.79 Å². The number of benzene rings is 2. The predicted octanol–water partition coefficient (Wildman–Crippen LogP) is 7.10. The Morgan fingerprint density at radius 1 is 1.00 bits per heavy atom. The topological polar surface area (TPSA) is 35.5 Å². The fraction of sp³-hybridized carbons (Fsp3) is 0.483. The number of ketones is 1. The number of Topliss-reactive ketones (excluding diaryl/α,β-unsaturated/α-hetero) is 1. The van der Waals surface area contributed by atoms with E-state index in [-0.39, 0.29) is 22.4 Å². The van der Waals surface area contributed by atoms with Crippen LogP contribution in [0.4, 0.5) is 0 Å². The summed E-state index contributed by atoms with van der Waals surface area (Å²) in [5, 5.41) is 0.264. The maximum absolute atomic E-state index is 14.0. The summed E-state index contributed by atoms with van der Waals surface area (Å²) in [4.78, 5) is 15.2. The number of ether oxygens (including phenoxy) is 2. The van der Waals surface area contributed by atoms with Gasteiger partial charge in [0.2, 0.25) is 0 Å². The highest BCUT2D eigenvalue weighted by atomic mass is 32.2. The van der Waals surface area contributed by atoms with E-state index in [0.717, 1.165) is 30.6 Å². The number of methoxy groups -OCH3 is 1. The van der Waals surface area contributed by atoms with E-state index < -0.39 is 11.5 Å². The van der Waals surface area contributed by atoms with Crippen LogP contribution in [-0.4, -0.2) is 24.2 Å². The molecule has 0 N–H and O–H groups in total. The zero-order valence-electron chi connectivity index (χ0n) is 20.5. The summed E-state index contributed by atoms with van der Waals surface area (Å²) in [6.07, 6.45) is 4.91. The van der Waals surface area contributed by atoms with Crippen molar-refractivity contribution in [3.8, 4) is 5.75 Å². The van der Waals surface area contributed by atoms with Gasteiger partial charge in [0.1, 0.15) is 11.9 Å². The molecule has 2 bridgehead atoms. The largest absolute Gasteiger partial charge is 0.497 e. The molecule has 0 spiro atoms. The number of carbonyl (C=O) groups is 1. The van der Waals surface area contributed by atoms with Gasteiger partial charge in [-0.15, -0.1) is 11.8 Å². The maximum atomic E-state index is 14.0. The van der Waals surface area contributed by atoms with Crippen molar-refractivity contribution in [2.75, 3.05) is 7.11 Å². The third-order valence-corrected chi connectivity index (χ3v) is 8.64. The van der Waals surface area contributed by atoms with Gasteiger partial charge < -0.3 is 9.47 Å². The lowest BCUT2D eigenvalue weighted by molar-refractivity contribution is -0.146. The lowest BCUT2D eigenvalue weighted by Gasteiger charge is -2.37. The summed E-state index contributed by atoms with van der Waals surface area (Å²) in [7, 11) is 1.67. The molecule has 0 heterocycles. The molecule has 0 radical (unpaired) electrons. The van der Waals surface area contributed by atoms with Crippen LogP contribution in [-0.2, 0) is 16.1 Å². The molecule has 176 valence electrons. The van der Waals surface area contributed by atoms with Crippen LogP contribution in [0.1, 0.15) is 52.5 Å². The number of fused-ring (bicyclic) bond motifs is 2. The van der Waals surface area contributed by atoms with Crippen LogP contribution in [0.2, 0.25) is 0 Å². The second-order valence-corrected chi connectivity index (χ2v) is 11.9. The SMILES string of the molecule is COc1ccc(CO[C@H]2C(=O)C(C)(C)C[C@H](Sc3ccccc3)/C=C3\CCC2C3(C)C)cc1. The average molecular weight is 465 g/mol. The van der Waals surface area contributed by atoms with Crippen LogP contribution in [0.15, 0.2) is 71.1 Å². The summed E-state index contributed by atoms with van der Waals surface area (Å²) in [5.74, 6) is 1.26. The van der Waals surface area contributed by atoms with Gasteiger partial charge in [-0.2, -0.15) is 0 Å². The zero-order valence-corrected chi connectivity index (χ0v) is 21.3. The minimum absolute atomic E-state index is 0.0594. The van der Waals surface area contributed by atoms with Crippen LogP contribution in [0, 0.1) is 16.7 Å². The van der Waals surface area contributed by atoms with Gasteiger partial charge in [0, 0.05) is 21.5 Å². The Kier molecular flexibility index (Phi) is 7.07. The molecule has 3 nitrogen and oxygen atoms in total. The second-order valence-electron chi connectivity index (χ2n) is 10.6. The Morgan fingerprint density at radius 3 is 2.36 bits per heavy atom. The number of allylic oxidation sites excluding steroid dienone is 1. The van der Waals surface area contributed by atoms with E-state index in [2.05, 4.69) is 64.1 Å². The molecule has 0 aliphatic heterocycles. The number of thioether (sulfide) groups is 1. The van der Waals surface area contributed by atoms with Crippen molar-refractivity contribution in [2.45, 2.75) is 69.8 Å². The van der Waals surface area contributed by atoms with Gasteiger partial charge in [-0.1, -0.05) is 69.7 Å². The molecule has 2 aromatic carbocycles. The van der Waals surface area contributed by atoms with Crippen molar-refractivity contribution < 1.29 is 14.3 Å². The van der Waals surface area contributed by atoms with Crippen LogP contribution in [0.25, 0.3) is 0 Å². The molecule has 1 fully saturated rings. The zero-order chi connectivity index (χ0) is 23.6. The van der Waals surface area contributed by atoms with E-state index in [1.807, 2.05) is 36.0 Å². The summed E-state index contributed by atoms with van der Waals surface area (Å²) in [6.45, 7) is 9.24. The summed E-state index contributed by atoms with van der Waals surface area (Å²) in [5.41, 5.74) is 2.01. The fourth-order valence-corrected chi connectivity index (χ4v) is 6.76. The number of hydrogen-bond acceptors (Lipinski definition) is 4. The first-order valence-corrected chi connectivity index (χ1v) is 12.8. The highest BCUT2D eigenvalue weighted by Gasteiger charge is 2.50. The summed E-state index contributed by atoms with van der Waals surface area (Å²) in [6, 6.07) is 18.5. The molecule has 2 aliphatic carbocycles. The number of carbonyl (C=O) groups excluding carboxylic acids is 1. The van der Waals surface area contributed by atoms with Gasteiger partial charge in [0.05, 0.1) is 13.7 Å². The first-order chi connectivity index (χ1) is 15.7. The third-order valence-electron chi connectivity index (χ3n) is 7.49. The van der Waals surface area contributed by atoms with Crippen LogP contribution in [0.3, 0.4) is 0 Å². The smallest absolute Gasteiger partial charge is 0.167 e. The summed E-state index contributed by atoms with van der Waals surface area (Å²) < 4.78 is 11.7. The lowest BCUT2D eigenvalue weighted by Crippen LogP contribution is -2.44. The van der Waals surface area contributed by atoms with Crippen LogP contribution in [0.5, 0.6) is 5.75 Å². The van der Waals surface area contributed by atoms with Crippen molar-refractivity contribution in [1.82, 2.24) is 0 Å². The maximum Gasteiger partial charge on any atom is 0.167 e. The Morgan fingerprint density at radius 2 is 1.70 bits per heavy atom. The van der Waals surface area contributed by atoms with E-state index in [9.17, 15) is 4.79 Å². The highest BCUT2D eigenvalue weighted by molar-refractivity contribution is 8.00. The van der Waals surface area contributed by atoms with Gasteiger partial charge in [-0.25, -0.2) is 0 Å². The second kappa shape index (κ2) is 9.68. The first kappa shape index (κ1) is 24.1. The quantitative estimate of drug-likeness (QED) is 0.427. The minimum Gasteiger partial charge on any atom is -0.497 e. The Balaban J connectivity index is 1.61. The Hall–Kier alpha value is -2.04. The van der Waals surface area contributed by atoms with Crippen molar-refractivity contribution >= 4 is 17.5 Å². The molecule has 2 aliphatic rings. The van der Waals surface area contributed by atoms with E-state index in [0.29, 0.717) is 6.61 Å². The van der Waals surface area contributed by atoms with Gasteiger partial charge in [0.15, 0.2) is 5.78 Å².